The van der Waals surface area contributed by atoms with E-state index in [1.54, 1.807) is 4.90 Å². The molecular formula is C21H26N4O4S. The summed E-state index contributed by atoms with van der Waals surface area (Å²) in [6, 6.07) is 7.27. The number of rotatable bonds is 4. The van der Waals surface area contributed by atoms with Crippen LogP contribution in [0.3, 0.4) is 0 Å². The summed E-state index contributed by atoms with van der Waals surface area (Å²) in [6.07, 6.45) is 4.43. The van der Waals surface area contributed by atoms with E-state index in [0.29, 0.717) is 32.5 Å². The monoisotopic (exact) mass is 430 g/mol. The van der Waals surface area contributed by atoms with Crippen molar-refractivity contribution in [3.05, 3.63) is 36.0 Å². The summed E-state index contributed by atoms with van der Waals surface area (Å²) in [6.45, 7) is 1.67. The zero-order valence-corrected chi connectivity index (χ0v) is 17.6. The van der Waals surface area contributed by atoms with Gasteiger partial charge in [0.05, 0.1) is 5.75 Å². The topological polar surface area (TPSA) is 93.8 Å². The lowest BCUT2D eigenvalue weighted by Crippen LogP contribution is -2.59. The molecule has 1 saturated carbocycles. The maximum absolute atomic E-state index is 13.1. The molecule has 1 aromatic heterocycles. The number of aromatic nitrogens is 1. The van der Waals surface area contributed by atoms with E-state index in [1.807, 2.05) is 35.4 Å². The smallest absolute Gasteiger partial charge is 0.255 e. The van der Waals surface area contributed by atoms with Gasteiger partial charge in [0.1, 0.15) is 6.04 Å². The van der Waals surface area contributed by atoms with Crippen LogP contribution in [0, 0.1) is 0 Å². The van der Waals surface area contributed by atoms with E-state index in [0.717, 1.165) is 33.6 Å². The molecule has 1 atom stereocenters. The van der Waals surface area contributed by atoms with Gasteiger partial charge in [-0.05, 0) is 30.9 Å². The van der Waals surface area contributed by atoms with Crippen molar-refractivity contribution in [3.63, 3.8) is 0 Å². The summed E-state index contributed by atoms with van der Waals surface area (Å²) in [5.41, 5.74) is 2.16. The minimum Gasteiger partial charge on any atom is -0.361 e. The van der Waals surface area contributed by atoms with Crippen molar-refractivity contribution < 1.29 is 18.0 Å². The van der Waals surface area contributed by atoms with E-state index >= 15 is 0 Å². The Hall–Kier alpha value is -2.39. The third-order valence-corrected chi connectivity index (χ3v) is 8.22. The molecule has 3 fully saturated rings. The number of hydrogen-bond acceptors (Lipinski definition) is 5. The molecule has 0 bridgehead atoms. The SMILES string of the molecule is O=C(CCc1c[nH]c2ccccc12)N1CCN2CCS(=O)(=O)N(C3CC3)C(=O)C2C1. The Labute approximate surface area is 175 Å². The molecule has 3 heterocycles. The van der Waals surface area contributed by atoms with Gasteiger partial charge in [-0.15, -0.1) is 0 Å². The molecule has 8 nitrogen and oxygen atoms in total. The van der Waals surface area contributed by atoms with Crippen LogP contribution in [0.4, 0.5) is 0 Å². The fourth-order valence-corrected chi connectivity index (χ4v) is 6.34. The molecule has 1 N–H and O–H groups in total. The van der Waals surface area contributed by atoms with Crippen molar-refractivity contribution in [1.82, 2.24) is 19.1 Å². The van der Waals surface area contributed by atoms with Crippen molar-refractivity contribution in [2.45, 2.75) is 37.8 Å². The maximum atomic E-state index is 13.1. The summed E-state index contributed by atoms with van der Waals surface area (Å²) >= 11 is 0. The second kappa shape index (κ2) is 7.39. The minimum atomic E-state index is -3.57. The highest BCUT2D eigenvalue weighted by Crippen LogP contribution is 2.33. The van der Waals surface area contributed by atoms with Crippen LogP contribution in [0.15, 0.2) is 30.5 Å². The molecule has 1 aliphatic carbocycles. The van der Waals surface area contributed by atoms with Crippen molar-refractivity contribution >= 4 is 32.7 Å². The fraction of sp³-hybridized carbons (Fsp3) is 0.524. The van der Waals surface area contributed by atoms with E-state index in [9.17, 15) is 18.0 Å². The van der Waals surface area contributed by atoms with Crippen LogP contribution in [0.5, 0.6) is 0 Å². The number of fused-ring (bicyclic) bond motifs is 2. The van der Waals surface area contributed by atoms with Crippen LogP contribution >= 0.6 is 0 Å². The molecule has 0 radical (unpaired) electrons. The van der Waals surface area contributed by atoms with E-state index in [1.165, 1.54) is 0 Å². The maximum Gasteiger partial charge on any atom is 0.255 e. The first-order valence-electron chi connectivity index (χ1n) is 10.6. The Kier molecular flexibility index (Phi) is 4.82. The number of aromatic amines is 1. The lowest BCUT2D eigenvalue weighted by Gasteiger charge is -2.39. The third-order valence-electron chi connectivity index (χ3n) is 6.44. The van der Waals surface area contributed by atoms with Gasteiger partial charge in [-0.1, -0.05) is 18.2 Å². The second-order valence-corrected chi connectivity index (χ2v) is 10.4. The van der Waals surface area contributed by atoms with Crippen LogP contribution in [0.1, 0.15) is 24.8 Å². The standard InChI is InChI=1S/C21H26N4O4S/c26-20(8-5-15-13-22-18-4-2-1-3-17(15)18)24-10-9-23-11-12-30(28,29)25(16-6-7-16)21(27)19(23)14-24/h1-4,13,16,19,22H,5-12,14H2. The number of nitrogens with zero attached hydrogens (tertiary/aromatic N) is 3. The van der Waals surface area contributed by atoms with Gasteiger partial charge in [0.25, 0.3) is 5.91 Å². The number of hydrogen-bond donors (Lipinski definition) is 1. The molecule has 3 aliphatic rings. The Bertz CT molecular complexity index is 1090. The van der Waals surface area contributed by atoms with Gasteiger partial charge in [0.15, 0.2) is 0 Å². The Morgan fingerprint density at radius 3 is 2.73 bits per heavy atom. The first-order chi connectivity index (χ1) is 14.4. The number of para-hydroxylation sites is 1. The van der Waals surface area contributed by atoms with Crippen LogP contribution in [0.25, 0.3) is 10.9 Å². The van der Waals surface area contributed by atoms with E-state index in [-0.39, 0.29) is 30.2 Å². The Morgan fingerprint density at radius 1 is 1.13 bits per heavy atom. The van der Waals surface area contributed by atoms with Gasteiger partial charge < -0.3 is 9.88 Å². The number of H-pyrrole nitrogens is 1. The summed E-state index contributed by atoms with van der Waals surface area (Å²) in [5, 5.41) is 1.12. The van der Waals surface area contributed by atoms with Crippen LogP contribution in [0.2, 0.25) is 0 Å². The zero-order valence-electron chi connectivity index (χ0n) is 16.8. The van der Waals surface area contributed by atoms with E-state index in [2.05, 4.69) is 4.98 Å². The molecule has 30 heavy (non-hydrogen) atoms. The first-order valence-corrected chi connectivity index (χ1v) is 12.2. The average Bonchev–Trinajstić information content (AvgIpc) is 3.49. The lowest BCUT2D eigenvalue weighted by atomic mass is 10.1. The lowest BCUT2D eigenvalue weighted by molar-refractivity contribution is -0.140. The summed E-state index contributed by atoms with van der Waals surface area (Å²) in [4.78, 5) is 32.9. The van der Waals surface area contributed by atoms with Gasteiger partial charge >= 0.3 is 0 Å². The number of piperazine rings is 1. The summed E-state index contributed by atoms with van der Waals surface area (Å²) < 4.78 is 26.3. The third kappa shape index (κ3) is 3.50. The molecule has 1 unspecified atom stereocenters. The van der Waals surface area contributed by atoms with E-state index < -0.39 is 16.1 Å². The van der Waals surface area contributed by atoms with Crippen LogP contribution in [-0.2, 0) is 26.0 Å². The molecule has 5 rings (SSSR count). The fourth-order valence-electron chi connectivity index (χ4n) is 4.62. The molecule has 2 aromatic rings. The van der Waals surface area contributed by atoms with Gasteiger partial charge in [-0.3, -0.25) is 14.5 Å². The van der Waals surface area contributed by atoms with Crippen molar-refractivity contribution in [2.24, 2.45) is 0 Å². The van der Waals surface area contributed by atoms with Gasteiger partial charge in [-0.25, -0.2) is 12.7 Å². The highest BCUT2D eigenvalue weighted by Gasteiger charge is 2.48. The molecular weight excluding hydrogens is 404 g/mol. The molecule has 1 aromatic carbocycles. The molecule has 2 saturated heterocycles. The summed E-state index contributed by atoms with van der Waals surface area (Å²) in [5.74, 6) is -0.373. The van der Waals surface area contributed by atoms with Crippen LogP contribution < -0.4 is 0 Å². The van der Waals surface area contributed by atoms with Gasteiger partial charge in [0, 0.05) is 55.7 Å². The number of carbonyl (C=O) groups excluding carboxylic acids is 2. The summed E-state index contributed by atoms with van der Waals surface area (Å²) in [7, 11) is -3.57. The first kappa shape index (κ1) is 19.6. The van der Waals surface area contributed by atoms with Gasteiger partial charge in [-0.2, -0.15) is 0 Å². The molecule has 160 valence electrons. The average molecular weight is 431 g/mol. The number of benzene rings is 1. The largest absolute Gasteiger partial charge is 0.361 e. The molecule has 2 aliphatic heterocycles. The number of amides is 2. The Morgan fingerprint density at radius 2 is 1.93 bits per heavy atom. The zero-order chi connectivity index (χ0) is 20.9. The number of sulfonamides is 1. The Balaban J connectivity index is 1.27. The highest BCUT2D eigenvalue weighted by molar-refractivity contribution is 7.89. The normalized spacial score (nSPS) is 24.7. The van der Waals surface area contributed by atoms with Gasteiger partial charge in [0.2, 0.25) is 15.9 Å². The molecule has 2 amide bonds. The number of nitrogens with one attached hydrogen (secondary N) is 1. The predicted octanol–water partition coefficient (Wildman–Crippen LogP) is 0.948. The second-order valence-electron chi connectivity index (χ2n) is 8.43. The van der Waals surface area contributed by atoms with Crippen molar-refractivity contribution in [2.75, 3.05) is 31.9 Å². The number of aryl methyl sites for hydroxylation is 1. The van der Waals surface area contributed by atoms with Crippen LogP contribution in [-0.4, -0.2) is 83.3 Å². The van der Waals surface area contributed by atoms with Crippen molar-refractivity contribution in [1.29, 1.82) is 0 Å². The molecule has 0 spiro atoms. The highest BCUT2D eigenvalue weighted by atomic mass is 32.2. The minimum absolute atomic E-state index is 0.0119. The quantitative estimate of drug-likeness (QED) is 0.780. The van der Waals surface area contributed by atoms with Crippen molar-refractivity contribution in [3.8, 4) is 0 Å². The molecule has 9 heteroatoms. The number of carbonyl (C=O) groups is 2. The predicted molar refractivity (Wildman–Crippen MR) is 112 cm³/mol. The van der Waals surface area contributed by atoms with E-state index in [4.69, 9.17) is 0 Å².